The zero-order valence-electron chi connectivity index (χ0n) is 11.3. The number of hydrogen-bond donors (Lipinski definition) is 2. The Morgan fingerprint density at radius 2 is 2.32 bits per heavy atom. The minimum Gasteiger partial charge on any atom is -0.394 e. The predicted octanol–water partition coefficient (Wildman–Crippen LogP) is 2.08. The molecule has 1 aliphatic rings. The van der Waals surface area contributed by atoms with Gasteiger partial charge >= 0.3 is 0 Å². The van der Waals surface area contributed by atoms with Gasteiger partial charge < -0.3 is 10.4 Å². The van der Waals surface area contributed by atoms with E-state index in [1.54, 1.807) is 24.0 Å². The second kappa shape index (κ2) is 5.92. The number of carbonyl (C=O) groups is 1. The summed E-state index contributed by atoms with van der Waals surface area (Å²) in [4.78, 5) is 16.4. The number of aliphatic hydroxyl groups excluding tert-OH is 1. The van der Waals surface area contributed by atoms with Crippen molar-refractivity contribution < 1.29 is 9.90 Å². The van der Waals surface area contributed by atoms with E-state index in [0.29, 0.717) is 11.5 Å². The lowest BCUT2D eigenvalue weighted by Gasteiger charge is -2.28. The first-order valence-electron chi connectivity index (χ1n) is 6.61. The van der Waals surface area contributed by atoms with E-state index in [2.05, 4.69) is 17.2 Å². The summed E-state index contributed by atoms with van der Waals surface area (Å²) in [6.07, 6.45) is 3.74. The van der Waals surface area contributed by atoms with E-state index in [-0.39, 0.29) is 12.5 Å². The lowest BCUT2D eigenvalue weighted by Crippen LogP contribution is -2.50. The molecular weight excluding hydrogens is 260 g/mol. The molecule has 1 heterocycles. The van der Waals surface area contributed by atoms with E-state index in [4.69, 9.17) is 0 Å². The van der Waals surface area contributed by atoms with Crippen molar-refractivity contribution >= 4 is 17.7 Å². The first kappa shape index (κ1) is 14.3. The summed E-state index contributed by atoms with van der Waals surface area (Å²) < 4.78 is 0. The molecule has 19 heavy (non-hydrogen) atoms. The molecule has 1 unspecified atom stereocenters. The predicted molar refractivity (Wildman–Crippen MR) is 76.3 cm³/mol. The van der Waals surface area contributed by atoms with Gasteiger partial charge in [-0.3, -0.25) is 4.79 Å². The molecule has 1 aromatic heterocycles. The van der Waals surface area contributed by atoms with E-state index in [9.17, 15) is 9.90 Å². The van der Waals surface area contributed by atoms with Gasteiger partial charge in [-0.2, -0.15) is 0 Å². The molecule has 1 saturated carbocycles. The maximum absolute atomic E-state index is 12.2. The van der Waals surface area contributed by atoms with Crippen LogP contribution in [0.1, 0.15) is 37.0 Å². The van der Waals surface area contributed by atoms with Crippen molar-refractivity contribution in [3.63, 3.8) is 0 Å². The number of nitrogens with zero attached hydrogens (tertiary/aromatic N) is 1. The van der Waals surface area contributed by atoms with Crippen LogP contribution in [-0.2, 0) is 0 Å². The number of thioether (sulfide) groups is 1. The smallest absolute Gasteiger partial charge is 0.253 e. The van der Waals surface area contributed by atoms with Gasteiger partial charge in [-0.05, 0) is 43.6 Å². The van der Waals surface area contributed by atoms with Crippen LogP contribution >= 0.6 is 11.8 Å². The summed E-state index contributed by atoms with van der Waals surface area (Å²) in [6.45, 7) is 3.94. The van der Waals surface area contributed by atoms with E-state index >= 15 is 0 Å². The Kier molecular flexibility index (Phi) is 4.47. The van der Waals surface area contributed by atoms with Crippen LogP contribution in [0.2, 0.25) is 0 Å². The highest BCUT2D eigenvalue weighted by Gasteiger charge is 2.42. The van der Waals surface area contributed by atoms with Gasteiger partial charge in [-0.25, -0.2) is 4.98 Å². The van der Waals surface area contributed by atoms with Crippen LogP contribution in [0.25, 0.3) is 0 Å². The Morgan fingerprint density at radius 1 is 1.58 bits per heavy atom. The molecule has 0 saturated heterocycles. The number of carbonyl (C=O) groups excluding carboxylic acids is 1. The van der Waals surface area contributed by atoms with Crippen LogP contribution in [0.15, 0.2) is 23.4 Å². The molecule has 0 spiro atoms. The molecule has 0 radical (unpaired) electrons. The minimum absolute atomic E-state index is 0.0272. The summed E-state index contributed by atoms with van der Waals surface area (Å²) in [5.74, 6) is 1.19. The van der Waals surface area contributed by atoms with Crippen LogP contribution in [-0.4, -0.2) is 33.9 Å². The van der Waals surface area contributed by atoms with Crippen molar-refractivity contribution in [1.82, 2.24) is 10.3 Å². The number of pyridine rings is 1. The Hall–Kier alpha value is -1.07. The zero-order valence-corrected chi connectivity index (χ0v) is 12.2. The molecule has 2 rings (SSSR count). The van der Waals surface area contributed by atoms with E-state index in [1.165, 1.54) is 0 Å². The van der Waals surface area contributed by atoms with Crippen molar-refractivity contribution in [2.45, 2.75) is 37.3 Å². The highest BCUT2D eigenvalue weighted by Crippen LogP contribution is 2.39. The van der Waals surface area contributed by atoms with Gasteiger partial charge in [0.15, 0.2) is 0 Å². The van der Waals surface area contributed by atoms with Crippen LogP contribution in [0.5, 0.6) is 0 Å². The number of rotatable bonds is 6. The Labute approximate surface area is 118 Å². The standard InChI is InChI=1S/C14H20N2O2S/c1-3-19-12-7-4-10(8-15-12)13(18)16-14(2,9-17)11-5-6-11/h4,7-8,11,17H,3,5-6,9H2,1-2H3,(H,16,18). The van der Waals surface area contributed by atoms with E-state index in [1.807, 2.05) is 13.0 Å². The molecule has 104 valence electrons. The molecule has 1 atom stereocenters. The second-order valence-electron chi connectivity index (χ2n) is 5.12. The maximum Gasteiger partial charge on any atom is 0.253 e. The number of hydrogen-bond acceptors (Lipinski definition) is 4. The summed E-state index contributed by atoms with van der Waals surface area (Å²) >= 11 is 1.65. The third-order valence-electron chi connectivity index (χ3n) is 3.50. The van der Waals surface area contributed by atoms with Gasteiger partial charge in [-0.1, -0.05) is 6.92 Å². The quantitative estimate of drug-likeness (QED) is 0.783. The number of aliphatic hydroxyl groups is 1. The van der Waals surface area contributed by atoms with Crippen molar-refractivity contribution in [1.29, 1.82) is 0 Å². The van der Waals surface area contributed by atoms with Crippen LogP contribution in [0.4, 0.5) is 0 Å². The largest absolute Gasteiger partial charge is 0.394 e. The fourth-order valence-corrected chi connectivity index (χ4v) is 2.66. The summed E-state index contributed by atoms with van der Waals surface area (Å²) in [5, 5.41) is 13.3. The van der Waals surface area contributed by atoms with Gasteiger partial charge in [-0.15, -0.1) is 11.8 Å². The molecule has 0 aliphatic heterocycles. The molecule has 0 aromatic carbocycles. The molecule has 2 N–H and O–H groups in total. The Morgan fingerprint density at radius 3 is 2.79 bits per heavy atom. The summed E-state index contributed by atoms with van der Waals surface area (Å²) in [6, 6.07) is 3.64. The highest BCUT2D eigenvalue weighted by molar-refractivity contribution is 7.99. The second-order valence-corrected chi connectivity index (χ2v) is 6.41. The van der Waals surface area contributed by atoms with Crippen molar-refractivity contribution in [3.05, 3.63) is 23.9 Å². The average Bonchev–Trinajstić information content (AvgIpc) is 3.24. The van der Waals surface area contributed by atoms with Crippen molar-refractivity contribution in [3.8, 4) is 0 Å². The highest BCUT2D eigenvalue weighted by atomic mass is 32.2. The minimum atomic E-state index is -0.506. The molecule has 0 bridgehead atoms. The van der Waals surface area contributed by atoms with Gasteiger partial charge in [0.2, 0.25) is 0 Å². The van der Waals surface area contributed by atoms with Crippen LogP contribution < -0.4 is 5.32 Å². The maximum atomic E-state index is 12.2. The first-order chi connectivity index (χ1) is 9.09. The topological polar surface area (TPSA) is 62.2 Å². The Balaban J connectivity index is 2.02. The van der Waals surface area contributed by atoms with Gasteiger partial charge in [0.05, 0.1) is 22.7 Å². The molecule has 1 aliphatic carbocycles. The van der Waals surface area contributed by atoms with Crippen molar-refractivity contribution in [2.75, 3.05) is 12.4 Å². The van der Waals surface area contributed by atoms with Gasteiger partial charge in [0.25, 0.3) is 5.91 Å². The summed E-state index contributed by atoms with van der Waals surface area (Å²) in [7, 11) is 0. The van der Waals surface area contributed by atoms with Crippen LogP contribution in [0.3, 0.4) is 0 Å². The number of nitrogens with one attached hydrogen (secondary N) is 1. The normalized spacial score (nSPS) is 17.8. The van der Waals surface area contributed by atoms with Crippen LogP contribution in [0, 0.1) is 5.92 Å². The monoisotopic (exact) mass is 280 g/mol. The molecule has 1 aromatic rings. The molecule has 1 amide bonds. The molecule has 4 nitrogen and oxygen atoms in total. The number of amides is 1. The molecule has 5 heteroatoms. The third kappa shape index (κ3) is 3.48. The number of aromatic nitrogens is 1. The molecular formula is C14H20N2O2S. The lowest BCUT2D eigenvalue weighted by molar-refractivity contribution is 0.0824. The summed E-state index contributed by atoms with van der Waals surface area (Å²) in [5.41, 5.74) is 0.0364. The van der Waals surface area contributed by atoms with Gasteiger partial charge in [0.1, 0.15) is 0 Å². The SMILES string of the molecule is CCSc1ccc(C(=O)NC(C)(CO)C2CC2)cn1. The van der Waals surface area contributed by atoms with E-state index in [0.717, 1.165) is 23.6 Å². The third-order valence-corrected chi connectivity index (χ3v) is 4.32. The van der Waals surface area contributed by atoms with Crippen molar-refractivity contribution in [2.24, 2.45) is 5.92 Å². The fourth-order valence-electron chi connectivity index (χ4n) is 2.07. The fraction of sp³-hybridized carbons (Fsp3) is 0.571. The zero-order chi connectivity index (χ0) is 13.9. The van der Waals surface area contributed by atoms with Gasteiger partial charge in [0, 0.05) is 6.20 Å². The first-order valence-corrected chi connectivity index (χ1v) is 7.60. The Bertz CT molecular complexity index is 445. The van der Waals surface area contributed by atoms with E-state index < -0.39 is 5.54 Å². The molecule has 1 fully saturated rings. The lowest BCUT2D eigenvalue weighted by atomic mass is 9.96. The average molecular weight is 280 g/mol.